The summed E-state index contributed by atoms with van der Waals surface area (Å²) in [5.74, 6) is 0.679. The van der Waals surface area contributed by atoms with Gasteiger partial charge in [0.15, 0.2) is 0 Å². The van der Waals surface area contributed by atoms with E-state index < -0.39 is 0 Å². The van der Waals surface area contributed by atoms with E-state index in [0.29, 0.717) is 23.9 Å². The van der Waals surface area contributed by atoms with Crippen molar-refractivity contribution in [2.75, 3.05) is 19.0 Å². The van der Waals surface area contributed by atoms with Gasteiger partial charge in [-0.25, -0.2) is 0 Å². The molecule has 0 aromatic heterocycles. The zero-order valence-corrected chi connectivity index (χ0v) is 13.0. The Balaban J connectivity index is 1.73. The second-order valence-electron chi connectivity index (χ2n) is 5.20. The minimum Gasteiger partial charge on any atom is -0.495 e. The van der Waals surface area contributed by atoms with Gasteiger partial charge >= 0.3 is 0 Å². The predicted molar refractivity (Wildman–Crippen MR) is 87.8 cm³/mol. The topological polar surface area (TPSA) is 50.4 Å². The number of hydrogen-bond donors (Lipinski definition) is 2. The summed E-state index contributed by atoms with van der Waals surface area (Å²) in [6.45, 7) is 1.36. The first-order valence-electron chi connectivity index (χ1n) is 7.15. The fourth-order valence-corrected chi connectivity index (χ4v) is 2.75. The molecular weight excluding hydrogens is 300 g/mol. The van der Waals surface area contributed by atoms with Crippen LogP contribution in [-0.2, 0) is 13.0 Å². The molecule has 22 heavy (non-hydrogen) atoms. The van der Waals surface area contributed by atoms with Gasteiger partial charge in [-0.3, -0.25) is 4.79 Å². The van der Waals surface area contributed by atoms with Crippen LogP contribution in [0.2, 0.25) is 5.02 Å². The number of ether oxygens (including phenoxy) is 1. The number of methoxy groups -OCH3 is 1. The molecule has 0 atom stereocenters. The Bertz CT molecular complexity index is 716. The van der Waals surface area contributed by atoms with Crippen LogP contribution in [0.5, 0.6) is 5.75 Å². The minimum absolute atomic E-state index is 0.00948. The second-order valence-corrected chi connectivity index (χ2v) is 5.61. The minimum atomic E-state index is 0.00948. The van der Waals surface area contributed by atoms with Crippen molar-refractivity contribution in [1.29, 1.82) is 0 Å². The molecule has 2 N–H and O–H groups in total. The van der Waals surface area contributed by atoms with Crippen LogP contribution in [-0.4, -0.2) is 19.6 Å². The lowest BCUT2D eigenvalue weighted by Gasteiger charge is -2.17. The monoisotopic (exact) mass is 316 g/mol. The SMILES string of the molecule is COc1cc(CNc2ccc3c(c2)CCNC3=O)ccc1Cl. The summed E-state index contributed by atoms with van der Waals surface area (Å²) in [7, 11) is 1.60. The molecule has 0 saturated heterocycles. The Kier molecular flexibility index (Phi) is 4.20. The predicted octanol–water partition coefficient (Wildman–Crippen LogP) is 3.25. The highest BCUT2D eigenvalue weighted by Gasteiger charge is 2.16. The van der Waals surface area contributed by atoms with Crippen LogP contribution in [0.25, 0.3) is 0 Å². The van der Waals surface area contributed by atoms with Crippen molar-refractivity contribution in [3.63, 3.8) is 0 Å². The van der Waals surface area contributed by atoms with Crippen molar-refractivity contribution in [3.05, 3.63) is 58.1 Å². The molecule has 2 aromatic rings. The highest BCUT2D eigenvalue weighted by molar-refractivity contribution is 6.32. The number of carbonyl (C=O) groups excluding carboxylic acids is 1. The smallest absolute Gasteiger partial charge is 0.251 e. The van der Waals surface area contributed by atoms with E-state index in [9.17, 15) is 4.79 Å². The van der Waals surface area contributed by atoms with Crippen molar-refractivity contribution in [2.45, 2.75) is 13.0 Å². The third-order valence-corrected chi connectivity index (χ3v) is 4.05. The van der Waals surface area contributed by atoms with Crippen molar-refractivity contribution < 1.29 is 9.53 Å². The van der Waals surface area contributed by atoms with E-state index in [1.807, 2.05) is 36.4 Å². The first kappa shape index (κ1) is 14.7. The largest absolute Gasteiger partial charge is 0.495 e. The number of amides is 1. The highest BCUT2D eigenvalue weighted by atomic mass is 35.5. The first-order chi connectivity index (χ1) is 10.7. The quantitative estimate of drug-likeness (QED) is 0.910. The maximum atomic E-state index is 11.7. The molecule has 0 unspecified atom stereocenters. The van der Waals surface area contributed by atoms with Gasteiger partial charge in [0, 0.05) is 24.3 Å². The Hall–Kier alpha value is -2.20. The summed E-state index contributed by atoms with van der Waals surface area (Å²) >= 11 is 6.02. The number of anilines is 1. The Morgan fingerprint density at radius 1 is 1.27 bits per heavy atom. The molecule has 1 heterocycles. The van der Waals surface area contributed by atoms with E-state index in [0.717, 1.165) is 28.8 Å². The maximum Gasteiger partial charge on any atom is 0.251 e. The van der Waals surface area contributed by atoms with E-state index in [1.54, 1.807) is 7.11 Å². The van der Waals surface area contributed by atoms with Gasteiger partial charge in [0.1, 0.15) is 5.75 Å². The molecule has 114 valence electrons. The molecule has 0 spiro atoms. The zero-order valence-electron chi connectivity index (χ0n) is 12.3. The number of rotatable bonds is 4. The lowest BCUT2D eigenvalue weighted by Crippen LogP contribution is -2.31. The Labute approximate surface area is 134 Å². The lowest BCUT2D eigenvalue weighted by atomic mass is 10.00. The number of carbonyl (C=O) groups is 1. The Morgan fingerprint density at radius 2 is 2.14 bits per heavy atom. The number of halogens is 1. The van der Waals surface area contributed by atoms with Gasteiger partial charge in [0.05, 0.1) is 12.1 Å². The molecule has 1 aliphatic heterocycles. The molecule has 0 radical (unpaired) electrons. The third kappa shape index (κ3) is 3.02. The maximum absolute atomic E-state index is 11.7. The van der Waals surface area contributed by atoms with Crippen molar-refractivity contribution in [3.8, 4) is 5.75 Å². The van der Waals surface area contributed by atoms with E-state index in [1.165, 1.54) is 0 Å². The van der Waals surface area contributed by atoms with Gasteiger partial charge in [-0.1, -0.05) is 17.7 Å². The van der Waals surface area contributed by atoms with Gasteiger partial charge in [0.2, 0.25) is 0 Å². The van der Waals surface area contributed by atoms with E-state index in [4.69, 9.17) is 16.3 Å². The van der Waals surface area contributed by atoms with Crippen molar-refractivity contribution in [2.24, 2.45) is 0 Å². The van der Waals surface area contributed by atoms with Crippen LogP contribution < -0.4 is 15.4 Å². The molecule has 0 aliphatic carbocycles. The molecule has 0 fully saturated rings. The molecule has 1 aliphatic rings. The normalized spacial score (nSPS) is 13.3. The highest BCUT2D eigenvalue weighted by Crippen LogP contribution is 2.26. The number of hydrogen-bond acceptors (Lipinski definition) is 3. The fraction of sp³-hybridized carbons (Fsp3) is 0.235. The van der Waals surface area contributed by atoms with E-state index in [-0.39, 0.29) is 5.91 Å². The summed E-state index contributed by atoms with van der Waals surface area (Å²) < 4.78 is 5.22. The van der Waals surface area contributed by atoms with Crippen LogP contribution in [0.15, 0.2) is 36.4 Å². The molecule has 0 bridgehead atoms. The molecule has 5 heteroatoms. The fourth-order valence-electron chi connectivity index (χ4n) is 2.56. The Morgan fingerprint density at radius 3 is 2.95 bits per heavy atom. The summed E-state index contributed by atoms with van der Waals surface area (Å²) in [5, 5.41) is 6.82. The van der Waals surface area contributed by atoms with Gasteiger partial charge in [-0.2, -0.15) is 0 Å². The van der Waals surface area contributed by atoms with Gasteiger partial charge in [0.25, 0.3) is 5.91 Å². The molecule has 3 rings (SSSR count). The van der Waals surface area contributed by atoms with Crippen molar-refractivity contribution >= 4 is 23.2 Å². The number of benzene rings is 2. The first-order valence-corrected chi connectivity index (χ1v) is 7.52. The summed E-state index contributed by atoms with van der Waals surface area (Å²) in [6, 6.07) is 11.5. The molecule has 0 saturated carbocycles. The van der Waals surface area contributed by atoms with Gasteiger partial charge < -0.3 is 15.4 Å². The van der Waals surface area contributed by atoms with Gasteiger partial charge in [-0.15, -0.1) is 0 Å². The lowest BCUT2D eigenvalue weighted by molar-refractivity contribution is 0.0946. The van der Waals surface area contributed by atoms with E-state index >= 15 is 0 Å². The summed E-state index contributed by atoms with van der Waals surface area (Å²) in [5.41, 5.74) is 3.94. The third-order valence-electron chi connectivity index (χ3n) is 3.74. The molecule has 2 aromatic carbocycles. The number of fused-ring (bicyclic) bond motifs is 1. The van der Waals surface area contributed by atoms with Gasteiger partial charge in [-0.05, 0) is 47.9 Å². The van der Waals surface area contributed by atoms with Crippen molar-refractivity contribution in [1.82, 2.24) is 5.32 Å². The van der Waals surface area contributed by atoms with Crippen LogP contribution in [0.3, 0.4) is 0 Å². The average molecular weight is 317 g/mol. The van der Waals surface area contributed by atoms with Crippen LogP contribution >= 0.6 is 11.6 Å². The van der Waals surface area contributed by atoms with Crippen LogP contribution in [0.1, 0.15) is 21.5 Å². The summed E-state index contributed by atoms with van der Waals surface area (Å²) in [6.07, 6.45) is 0.866. The molecule has 1 amide bonds. The van der Waals surface area contributed by atoms with Crippen LogP contribution in [0.4, 0.5) is 5.69 Å². The zero-order chi connectivity index (χ0) is 15.5. The van der Waals surface area contributed by atoms with E-state index in [2.05, 4.69) is 10.6 Å². The second kappa shape index (κ2) is 6.28. The van der Waals surface area contributed by atoms with Crippen LogP contribution in [0, 0.1) is 0 Å². The molecule has 4 nitrogen and oxygen atoms in total. The summed E-state index contributed by atoms with van der Waals surface area (Å²) in [4.78, 5) is 11.7. The number of nitrogens with one attached hydrogen (secondary N) is 2. The average Bonchev–Trinajstić information content (AvgIpc) is 2.54. The standard InChI is InChI=1S/C17H17ClN2O2/c1-22-16-8-11(2-5-15(16)18)10-20-13-3-4-14-12(9-13)6-7-19-17(14)21/h2-5,8-9,20H,6-7,10H2,1H3,(H,19,21). The molecular formula is C17H17ClN2O2.